The topological polar surface area (TPSA) is 88.9 Å². The summed E-state index contributed by atoms with van der Waals surface area (Å²) in [4.78, 5) is 41.0. The van der Waals surface area contributed by atoms with Gasteiger partial charge in [0, 0.05) is 24.0 Å². The van der Waals surface area contributed by atoms with E-state index in [2.05, 4.69) is 10.3 Å². The molecule has 164 valence electrons. The minimum absolute atomic E-state index is 0.0112. The quantitative estimate of drug-likeness (QED) is 0.483. The third kappa shape index (κ3) is 3.80. The fourth-order valence-corrected chi connectivity index (χ4v) is 3.44. The van der Waals surface area contributed by atoms with Crippen molar-refractivity contribution in [2.45, 2.75) is 6.18 Å². The van der Waals surface area contributed by atoms with Crippen molar-refractivity contribution in [3.63, 3.8) is 0 Å². The molecule has 0 fully saturated rings. The summed E-state index contributed by atoms with van der Waals surface area (Å²) in [5.41, 5.74) is -1.79. The summed E-state index contributed by atoms with van der Waals surface area (Å²) in [5.74, 6) is -0.699. The van der Waals surface area contributed by atoms with E-state index in [1.165, 1.54) is 42.1 Å². The Balaban J connectivity index is 1.74. The van der Waals surface area contributed by atoms with Gasteiger partial charge in [-0.1, -0.05) is 11.6 Å². The molecule has 0 aliphatic heterocycles. The number of nitrogens with zero attached hydrogens (tertiary/aromatic N) is 2. The van der Waals surface area contributed by atoms with Gasteiger partial charge < -0.3 is 14.9 Å². The molecule has 0 bridgehead atoms. The molecular weight excluding hydrogens is 449 g/mol. The lowest BCUT2D eigenvalue weighted by Gasteiger charge is -2.09. The average Bonchev–Trinajstić information content (AvgIpc) is 3.05. The molecule has 0 spiro atoms. The third-order valence-corrected chi connectivity index (χ3v) is 5.07. The zero-order valence-corrected chi connectivity index (χ0v) is 17.1. The lowest BCUT2D eigenvalue weighted by atomic mass is 10.2. The van der Waals surface area contributed by atoms with Gasteiger partial charge in [0.1, 0.15) is 5.52 Å². The first-order chi connectivity index (χ1) is 15.1. The highest BCUT2D eigenvalue weighted by molar-refractivity contribution is 6.30. The first kappa shape index (κ1) is 21.4. The van der Waals surface area contributed by atoms with Crippen molar-refractivity contribution in [2.75, 3.05) is 5.32 Å². The zero-order chi connectivity index (χ0) is 23.2. The summed E-state index contributed by atoms with van der Waals surface area (Å²) < 4.78 is 40.4. The van der Waals surface area contributed by atoms with E-state index in [-0.39, 0.29) is 22.3 Å². The van der Waals surface area contributed by atoms with Gasteiger partial charge in [0.15, 0.2) is 0 Å². The molecule has 2 heterocycles. The molecule has 0 aliphatic rings. The van der Waals surface area contributed by atoms with Gasteiger partial charge in [-0.25, -0.2) is 9.36 Å². The number of hydrogen-bond acceptors (Lipinski definition) is 3. The van der Waals surface area contributed by atoms with Crippen molar-refractivity contribution in [2.24, 2.45) is 7.05 Å². The molecule has 0 saturated heterocycles. The van der Waals surface area contributed by atoms with Crippen molar-refractivity contribution in [1.29, 1.82) is 0 Å². The molecule has 4 aromatic rings. The van der Waals surface area contributed by atoms with Gasteiger partial charge in [-0.3, -0.25) is 9.59 Å². The number of H-pyrrole nitrogens is 1. The number of rotatable bonds is 3. The van der Waals surface area contributed by atoms with Gasteiger partial charge in [-0.2, -0.15) is 13.2 Å². The Kier molecular flexibility index (Phi) is 5.17. The van der Waals surface area contributed by atoms with Crippen LogP contribution in [0.3, 0.4) is 0 Å². The maximum absolute atomic E-state index is 13.0. The van der Waals surface area contributed by atoms with Gasteiger partial charge in [0.25, 0.3) is 11.5 Å². The Labute approximate surface area is 182 Å². The lowest BCUT2D eigenvalue weighted by Crippen LogP contribution is -2.34. The number of amides is 1. The van der Waals surface area contributed by atoms with Gasteiger partial charge in [-0.15, -0.1) is 0 Å². The highest BCUT2D eigenvalue weighted by Gasteiger charge is 2.30. The number of benzene rings is 2. The summed E-state index contributed by atoms with van der Waals surface area (Å²) in [6.45, 7) is 0. The summed E-state index contributed by atoms with van der Waals surface area (Å²) in [6, 6.07) is 9.97. The molecule has 2 aromatic carbocycles. The van der Waals surface area contributed by atoms with Gasteiger partial charge in [0.2, 0.25) is 0 Å². The first-order valence-electron chi connectivity index (χ1n) is 9.15. The van der Waals surface area contributed by atoms with E-state index in [4.69, 9.17) is 11.6 Å². The van der Waals surface area contributed by atoms with Crippen LogP contribution in [0.5, 0.6) is 0 Å². The maximum Gasteiger partial charge on any atom is 0.416 e. The predicted molar refractivity (Wildman–Crippen MR) is 114 cm³/mol. The Morgan fingerprint density at radius 3 is 2.25 bits per heavy atom. The molecule has 0 radical (unpaired) electrons. The number of anilines is 1. The number of fused-ring (bicyclic) bond motifs is 1. The number of halogens is 4. The molecule has 32 heavy (non-hydrogen) atoms. The fourth-order valence-electron chi connectivity index (χ4n) is 3.31. The molecule has 0 aliphatic carbocycles. The molecule has 11 heteroatoms. The monoisotopic (exact) mass is 462 g/mol. The zero-order valence-electron chi connectivity index (χ0n) is 16.3. The van der Waals surface area contributed by atoms with E-state index < -0.39 is 28.9 Å². The van der Waals surface area contributed by atoms with Crippen molar-refractivity contribution in [1.82, 2.24) is 14.1 Å². The van der Waals surface area contributed by atoms with Crippen LogP contribution < -0.4 is 16.6 Å². The lowest BCUT2D eigenvalue weighted by molar-refractivity contribution is -0.137. The van der Waals surface area contributed by atoms with Crippen molar-refractivity contribution in [3.8, 4) is 5.69 Å². The Morgan fingerprint density at radius 2 is 1.66 bits per heavy atom. The van der Waals surface area contributed by atoms with Crippen LogP contribution >= 0.6 is 11.6 Å². The summed E-state index contributed by atoms with van der Waals surface area (Å²) in [7, 11) is 1.53. The molecule has 2 N–H and O–H groups in total. The smallest absolute Gasteiger partial charge is 0.344 e. The minimum atomic E-state index is -4.50. The van der Waals surface area contributed by atoms with Crippen molar-refractivity contribution >= 4 is 34.2 Å². The van der Waals surface area contributed by atoms with Crippen LogP contribution in [0.1, 0.15) is 15.9 Å². The average molecular weight is 463 g/mol. The Hall–Kier alpha value is -3.79. The number of carbonyl (C=O) groups is 1. The summed E-state index contributed by atoms with van der Waals surface area (Å²) in [5, 5.41) is 2.90. The van der Waals surface area contributed by atoms with Crippen LogP contribution in [0.25, 0.3) is 16.7 Å². The Morgan fingerprint density at radius 1 is 1.03 bits per heavy atom. The standard InChI is InChI=1S/C21H14ClF3N4O3/c1-28-10-15(18(30)26-13-6-2-11(3-7-13)21(23,24)25)16-17(28)19(31)29(20(32)27-16)14-8-4-12(22)5-9-14/h2-10H,1H3,(H,26,30)(H,27,32). The highest BCUT2D eigenvalue weighted by Crippen LogP contribution is 2.30. The minimum Gasteiger partial charge on any atom is -0.344 e. The van der Waals surface area contributed by atoms with Gasteiger partial charge in [0.05, 0.1) is 22.3 Å². The van der Waals surface area contributed by atoms with Crippen molar-refractivity contribution < 1.29 is 18.0 Å². The Bertz CT molecular complexity index is 1450. The number of aromatic nitrogens is 3. The van der Waals surface area contributed by atoms with E-state index in [1.807, 2.05) is 0 Å². The molecule has 4 rings (SSSR count). The largest absolute Gasteiger partial charge is 0.416 e. The van der Waals surface area contributed by atoms with E-state index in [9.17, 15) is 27.6 Å². The number of nitrogens with one attached hydrogen (secondary N) is 2. The maximum atomic E-state index is 13.0. The van der Waals surface area contributed by atoms with Gasteiger partial charge in [-0.05, 0) is 48.5 Å². The number of hydrogen-bond donors (Lipinski definition) is 2. The molecule has 0 saturated carbocycles. The second kappa shape index (κ2) is 7.72. The van der Waals surface area contributed by atoms with Crippen LogP contribution in [-0.2, 0) is 13.2 Å². The number of carbonyl (C=O) groups excluding carboxylic acids is 1. The van der Waals surface area contributed by atoms with E-state index in [0.717, 1.165) is 28.8 Å². The predicted octanol–water partition coefficient (Wildman–Crippen LogP) is 3.94. The van der Waals surface area contributed by atoms with E-state index >= 15 is 0 Å². The first-order valence-corrected chi connectivity index (χ1v) is 9.53. The third-order valence-electron chi connectivity index (χ3n) is 4.82. The fraction of sp³-hybridized carbons (Fsp3) is 0.0952. The van der Waals surface area contributed by atoms with E-state index in [0.29, 0.717) is 10.7 Å². The van der Waals surface area contributed by atoms with Crippen LogP contribution in [0, 0.1) is 0 Å². The summed E-state index contributed by atoms with van der Waals surface area (Å²) >= 11 is 5.86. The molecular formula is C21H14ClF3N4O3. The number of aryl methyl sites for hydroxylation is 1. The highest BCUT2D eigenvalue weighted by atomic mass is 35.5. The second-order valence-corrected chi connectivity index (χ2v) is 7.39. The van der Waals surface area contributed by atoms with Crippen LogP contribution in [0.2, 0.25) is 5.02 Å². The van der Waals surface area contributed by atoms with Crippen LogP contribution in [0.4, 0.5) is 18.9 Å². The van der Waals surface area contributed by atoms with E-state index in [1.54, 1.807) is 0 Å². The molecule has 0 atom stereocenters. The SMILES string of the molecule is Cn1cc(C(=O)Nc2ccc(C(F)(F)F)cc2)c2[nH]c(=O)n(-c3ccc(Cl)cc3)c(=O)c21. The van der Waals surface area contributed by atoms with Crippen molar-refractivity contribution in [3.05, 3.63) is 91.7 Å². The summed E-state index contributed by atoms with van der Waals surface area (Å²) in [6.07, 6.45) is -3.14. The molecule has 1 amide bonds. The number of alkyl halides is 3. The molecule has 2 aromatic heterocycles. The van der Waals surface area contributed by atoms with Crippen LogP contribution in [-0.4, -0.2) is 20.0 Å². The number of aromatic amines is 1. The molecule has 0 unspecified atom stereocenters. The normalized spacial score (nSPS) is 11.7. The molecule has 7 nitrogen and oxygen atoms in total. The second-order valence-electron chi connectivity index (χ2n) is 6.95. The van der Waals surface area contributed by atoms with Crippen LogP contribution in [0.15, 0.2) is 64.3 Å². The van der Waals surface area contributed by atoms with Gasteiger partial charge >= 0.3 is 11.9 Å².